The van der Waals surface area contributed by atoms with Gasteiger partial charge in [-0.05, 0) is 42.9 Å². The van der Waals surface area contributed by atoms with Crippen molar-refractivity contribution in [3.8, 4) is 16.9 Å². The third kappa shape index (κ3) is 3.63. The topological polar surface area (TPSA) is 21.3 Å². The molecule has 0 unspecified atom stereocenters. The van der Waals surface area contributed by atoms with E-state index in [-0.39, 0.29) is 0 Å². The van der Waals surface area contributed by atoms with E-state index in [0.29, 0.717) is 16.7 Å². The maximum absolute atomic E-state index is 6.15. The lowest BCUT2D eigenvalue weighted by atomic mass is 10.1. The second-order valence-electron chi connectivity index (χ2n) is 4.00. The summed E-state index contributed by atoms with van der Waals surface area (Å²) in [6.45, 7) is 1.45. The van der Waals surface area contributed by atoms with Crippen molar-refractivity contribution in [2.45, 2.75) is 0 Å². The molecule has 19 heavy (non-hydrogen) atoms. The Morgan fingerprint density at radius 3 is 2.32 bits per heavy atom. The summed E-state index contributed by atoms with van der Waals surface area (Å²) in [4.78, 5) is 0. The van der Waals surface area contributed by atoms with Crippen LogP contribution >= 0.6 is 23.2 Å². The van der Waals surface area contributed by atoms with Gasteiger partial charge in [0.15, 0.2) is 0 Å². The fourth-order valence-corrected chi connectivity index (χ4v) is 2.31. The summed E-state index contributed by atoms with van der Waals surface area (Å²) < 4.78 is 5.56. The first-order valence-electron chi connectivity index (χ1n) is 5.95. The molecule has 0 bridgehead atoms. The average Bonchev–Trinajstić information content (AvgIpc) is 2.40. The normalized spacial score (nSPS) is 10.5. The van der Waals surface area contributed by atoms with Crippen LogP contribution in [0.2, 0.25) is 10.0 Å². The predicted molar refractivity (Wildman–Crippen MR) is 80.2 cm³/mol. The molecule has 0 saturated carbocycles. The Morgan fingerprint density at radius 1 is 1.11 bits per heavy atom. The van der Waals surface area contributed by atoms with Crippen molar-refractivity contribution < 1.29 is 4.74 Å². The van der Waals surface area contributed by atoms with E-state index in [4.69, 9.17) is 27.9 Å². The molecule has 0 saturated heterocycles. The number of ether oxygens (including phenoxy) is 1. The summed E-state index contributed by atoms with van der Waals surface area (Å²) in [6, 6.07) is 14.0. The fraction of sp³-hybridized carbons (Fsp3) is 0.200. The van der Waals surface area contributed by atoms with E-state index in [9.17, 15) is 0 Å². The molecule has 0 aliphatic carbocycles. The summed E-state index contributed by atoms with van der Waals surface area (Å²) >= 11 is 12.3. The van der Waals surface area contributed by atoms with Gasteiger partial charge in [0.2, 0.25) is 0 Å². The zero-order valence-electron chi connectivity index (χ0n) is 10.5. The van der Waals surface area contributed by atoms with Crippen LogP contribution in [0.1, 0.15) is 0 Å². The lowest BCUT2D eigenvalue weighted by Crippen LogP contribution is -2.15. The molecule has 0 aliphatic rings. The first-order valence-corrected chi connectivity index (χ1v) is 6.71. The molecule has 0 aromatic heterocycles. The third-order valence-corrected chi connectivity index (χ3v) is 3.26. The average molecular weight is 295 g/mol. The smallest absolute Gasteiger partial charge is 0.119 e. The first-order chi connectivity index (χ1) is 9.22. The lowest BCUT2D eigenvalue weighted by molar-refractivity contribution is 0.318. The zero-order valence-corrected chi connectivity index (χ0v) is 12.1. The first kappa shape index (κ1) is 14.2. The van der Waals surface area contributed by atoms with Crippen LogP contribution in [-0.4, -0.2) is 20.2 Å². The van der Waals surface area contributed by atoms with Gasteiger partial charge >= 0.3 is 0 Å². The van der Waals surface area contributed by atoms with E-state index in [1.54, 1.807) is 12.1 Å². The molecule has 0 heterocycles. The van der Waals surface area contributed by atoms with Crippen molar-refractivity contribution in [2.24, 2.45) is 0 Å². The minimum atomic E-state index is 0.594. The SMILES string of the molecule is CNCCOc1ccc(-c2c(Cl)c[c]cc2Cl)cc1. The lowest BCUT2D eigenvalue weighted by Gasteiger charge is -2.09. The Hall–Kier alpha value is -1.22. The Balaban J connectivity index is 2.18. The monoisotopic (exact) mass is 294 g/mol. The van der Waals surface area contributed by atoms with Crippen LogP contribution in [0, 0.1) is 6.07 Å². The van der Waals surface area contributed by atoms with Crippen LogP contribution in [-0.2, 0) is 0 Å². The number of benzene rings is 2. The number of halogens is 2. The standard InChI is InChI=1S/C15H14Cl2NO/c1-18-9-10-19-12-7-5-11(6-8-12)15-13(16)3-2-4-14(15)17/h3-8,18H,9-10H2,1H3. The molecule has 0 fully saturated rings. The van der Waals surface area contributed by atoms with Gasteiger partial charge < -0.3 is 10.1 Å². The number of hydrogen-bond donors (Lipinski definition) is 1. The third-order valence-electron chi connectivity index (χ3n) is 2.66. The largest absolute Gasteiger partial charge is 0.492 e. The second-order valence-corrected chi connectivity index (χ2v) is 4.82. The number of hydrogen-bond acceptors (Lipinski definition) is 2. The van der Waals surface area contributed by atoms with Crippen molar-refractivity contribution >= 4 is 23.2 Å². The predicted octanol–water partition coefficient (Wildman–Crippen LogP) is 4.06. The molecule has 2 aromatic rings. The highest BCUT2D eigenvalue weighted by atomic mass is 35.5. The minimum absolute atomic E-state index is 0.594. The number of likely N-dealkylation sites (N-methyl/N-ethyl adjacent to an activating group) is 1. The number of nitrogens with one attached hydrogen (secondary N) is 1. The van der Waals surface area contributed by atoms with Gasteiger partial charge in [-0.15, -0.1) is 0 Å². The molecular weight excluding hydrogens is 281 g/mol. The van der Waals surface area contributed by atoms with Gasteiger partial charge in [-0.3, -0.25) is 0 Å². The van der Waals surface area contributed by atoms with Crippen molar-refractivity contribution in [1.29, 1.82) is 0 Å². The Morgan fingerprint density at radius 2 is 1.74 bits per heavy atom. The van der Waals surface area contributed by atoms with Crippen molar-refractivity contribution in [3.63, 3.8) is 0 Å². The summed E-state index contributed by atoms with van der Waals surface area (Å²) in [6.07, 6.45) is 0. The summed E-state index contributed by atoms with van der Waals surface area (Å²) in [5, 5.41) is 4.21. The molecule has 0 aliphatic heterocycles. The van der Waals surface area contributed by atoms with Crippen molar-refractivity contribution in [2.75, 3.05) is 20.2 Å². The van der Waals surface area contributed by atoms with E-state index in [2.05, 4.69) is 11.4 Å². The van der Waals surface area contributed by atoms with Crippen LogP contribution in [0.3, 0.4) is 0 Å². The van der Waals surface area contributed by atoms with E-state index in [0.717, 1.165) is 23.4 Å². The van der Waals surface area contributed by atoms with Crippen LogP contribution in [0.4, 0.5) is 0 Å². The van der Waals surface area contributed by atoms with Gasteiger partial charge in [0.05, 0.1) is 10.0 Å². The van der Waals surface area contributed by atoms with Gasteiger partial charge in [0.25, 0.3) is 0 Å². The molecule has 2 aromatic carbocycles. The fourth-order valence-electron chi connectivity index (χ4n) is 1.71. The van der Waals surface area contributed by atoms with E-state index in [1.807, 2.05) is 31.3 Å². The van der Waals surface area contributed by atoms with Crippen LogP contribution in [0.15, 0.2) is 36.4 Å². The quantitative estimate of drug-likeness (QED) is 0.840. The van der Waals surface area contributed by atoms with E-state index in [1.165, 1.54) is 0 Å². The van der Waals surface area contributed by atoms with Gasteiger partial charge in [-0.25, -0.2) is 0 Å². The highest BCUT2D eigenvalue weighted by molar-refractivity contribution is 6.39. The van der Waals surface area contributed by atoms with Gasteiger partial charge in [0.1, 0.15) is 12.4 Å². The van der Waals surface area contributed by atoms with E-state index >= 15 is 0 Å². The van der Waals surface area contributed by atoms with Crippen LogP contribution < -0.4 is 10.1 Å². The molecule has 0 atom stereocenters. The highest BCUT2D eigenvalue weighted by Crippen LogP contribution is 2.34. The highest BCUT2D eigenvalue weighted by Gasteiger charge is 2.08. The van der Waals surface area contributed by atoms with E-state index < -0.39 is 0 Å². The summed E-state index contributed by atoms with van der Waals surface area (Å²) in [5.41, 5.74) is 1.79. The van der Waals surface area contributed by atoms with Crippen LogP contribution in [0.25, 0.3) is 11.1 Å². The number of rotatable bonds is 5. The van der Waals surface area contributed by atoms with Crippen molar-refractivity contribution in [1.82, 2.24) is 5.32 Å². The summed E-state index contributed by atoms with van der Waals surface area (Å²) in [5.74, 6) is 0.828. The zero-order chi connectivity index (χ0) is 13.7. The molecular formula is C15H14Cl2NO. The molecule has 0 spiro atoms. The molecule has 1 radical (unpaired) electrons. The maximum Gasteiger partial charge on any atom is 0.119 e. The molecule has 0 amide bonds. The Kier molecular flexibility index (Phi) is 5.08. The molecule has 2 rings (SSSR count). The Bertz CT molecular complexity index is 520. The van der Waals surface area contributed by atoms with Gasteiger partial charge in [-0.1, -0.05) is 35.3 Å². The van der Waals surface area contributed by atoms with Gasteiger partial charge in [0, 0.05) is 12.1 Å². The second kappa shape index (κ2) is 6.80. The molecule has 1 N–H and O–H groups in total. The molecule has 4 heteroatoms. The Labute approximate surface area is 123 Å². The van der Waals surface area contributed by atoms with Crippen LogP contribution in [0.5, 0.6) is 5.75 Å². The minimum Gasteiger partial charge on any atom is -0.492 e. The van der Waals surface area contributed by atoms with Gasteiger partial charge in [-0.2, -0.15) is 0 Å². The summed E-state index contributed by atoms with van der Waals surface area (Å²) in [7, 11) is 1.89. The molecule has 2 nitrogen and oxygen atoms in total. The maximum atomic E-state index is 6.15. The van der Waals surface area contributed by atoms with Crippen molar-refractivity contribution in [3.05, 3.63) is 52.5 Å². The molecule has 99 valence electrons.